The van der Waals surface area contributed by atoms with Crippen LogP contribution in [0.2, 0.25) is 0 Å². The summed E-state index contributed by atoms with van der Waals surface area (Å²) in [5.74, 6) is 0. The van der Waals surface area contributed by atoms with Crippen molar-refractivity contribution in [2.75, 3.05) is 0 Å². The van der Waals surface area contributed by atoms with E-state index < -0.39 is 0 Å². The van der Waals surface area contributed by atoms with Crippen LogP contribution in [0.4, 0.5) is 11.4 Å². The van der Waals surface area contributed by atoms with Gasteiger partial charge < -0.3 is 4.57 Å². The summed E-state index contributed by atoms with van der Waals surface area (Å²) >= 11 is 1.51. The smallest absolute Gasteiger partial charge is 0.270 e. The Morgan fingerprint density at radius 1 is 1.17 bits per heavy atom. The minimum Gasteiger partial charge on any atom is -0.320 e. The molecule has 0 aliphatic carbocycles. The summed E-state index contributed by atoms with van der Waals surface area (Å²) in [5, 5.41) is 12.9. The van der Waals surface area contributed by atoms with Crippen LogP contribution in [-0.2, 0) is 7.05 Å². The Morgan fingerprint density at radius 2 is 1.91 bits per heavy atom. The van der Waals surface area contributed by atoms with Crippen LogP contribution < -0.4 is 4.80 Å². The molecule has 6 heteroatoms. The predicted molar refractivity (Wildman–Crippen MR) is 91.8 cm³/mol. The molecule has 0 radical (unpaired) electrons. The van der Waals surface area contributed by atoms with Crippen molar-refractivity contribution in [3.05, 3.63) is 74.4 Å². The highest BCUT2D eigenvalue weighted by Gasteiger charge is 2.10. The molecule has 5 nitrogen and oxygen atoms in total. The van der Waals surface area contributed by atoms with Gasteiger partial charge in [0.25, 0.3) is 5.69 Å². The SMILES string of the molecule is Cc1ccc(N=c2scc(-c3cccc([N+](=O)[O-])c3)n2C)cc1. The van der Waals surface area contributed by atoms with Crippen molar-refractivity contribution in [2.45, 2.75) is 6.92 Å². The van der Waals surface area contributed by atoms with Crippen molar-refractivity contribution >= 4 is 22.7 Å². The van der Waals surface area contributed by atoms with Crippen LogP contribution in [0.3, 0.4) is 0 Å². The Bertz CT molecular complexity index is 924. The molecule has 0 saturated heterocycles. The maximum atomic E-state index is 10.9. The number of non-ortho nitro benzene ring substituents is 1. The first-order chi connectivity index (χ1) is 11.0. The van der Waals surface area contributed by atoms with Crippen molar-refractivity contribution in [2.24, 2.45) is 12.0 Å². The fourth-order valence-electron chi connectivity index (χ4n) is 2.24. The molecule has 3 rings (SSSR count). The van der Waals surface area contributed by atoms with Gasteiger partial charge in [-0.3, -0.25) is 10.1 Å². The Labute approximate surface area is 137 Å². The molecule has 0 atom stereocenters. The number of aryl methyl sites for hydroxylation is 1. The molecule has 0 amide bonds. The third-order valence-electron chi connectivity index (χ3n) is 3.54. The number of benzene rings is 2. The highest BCUT2D eigenvalue weighted by atomic mass is 32.1. The van der Waals surface area contributed by atoms with E-state index in [9.17, 15) is 10.1 Å². The van der Waals surface area contributed by atoms with Gasteiger partial charge in [-0.1, -0.05) is 29.8 Å². The van der Waals surface area contributed by atoms with Gasteiger partial charge in [-0.25, -0.2) is 4.99 Å². The lowest BCUT2D eigenvalue weighted by molar-refractivity contribution is -0.384. The zero-order valence-corrected chi connectivity index (χ0v) is 13.6. The van der Waals surface area contributed by atoms with Crippen LogP contribution in [0.15, 0.2) is 58.9 Å². The van der Waals surface area contributed by atoms with Gasteiger partial charge in [-0.05, 0) is 19.1 Å². The van der Waals surface area contributed by atoms with Crippen LogP contribution >= 0.6 is 11.3 Å². The highest BCUT2D eigenvalue weighted by Crippen LogP contribution is 2.24. The van der Waals surface area contributed by atoms with Crippen molar-refractivity contribution in [3.63, 3.8) is 0 Å². The monoisotopic (exact) mass is 325 g/mol. The zero-order chi connectivity index (χ0) is 16.4. The van der Waals surface area contributed by atoms with Gasteiger partial charge in [0, 0.05) is 30.1 Å². The zero-order valence-electron chi connectivity index (χ0n) is 12.8. The molecule has 0 spiro atoms. The summed E-state index contributed by atoms with van der Waals surface area (Å²) in [5.41, 5.74) is 3.88. The molecule has 0 aliphatic rings. The number of rotatable bonds is 3. The van der Waals surface area contributed by atoms with Crippen molar-refractivity contribution in [3.8, 4) is 11.3 Å². The molecule has 116 valence electrons. The van der Waals surface area contributed by atoms with Gasteiger partial charge >= 0.3 is 0 Å². The Kier molecular flexibility index (Phi) is 4.08. The second-order valence-electron chi connectivity index (χ2n) is 5.22. The Morgan fingerprint density at radius 3 is 2.61 bits per heavy atom. The first-order valence-electron chi connectivity index (χ1n) is 7.05. The second kappa shape index (κ2) is 6.18. The molecule has 23 heavy (non-hydrogen) atoms. The summed E-state index contributed by atoms with van der Waals surface area (Å²) in [6.07, 6.45) is 0. The fourth-order valence-corrected chi connectivity index (χ4v) is 3.17. The number of hydrogen-bond acceptors (Lipinski definition) is 4. The van der Waals surface area contributed by atoms with E-state index in [0.717, 1.165) is 21.7 Å². The fraction of sp³-hybridized carbons (Fsp3) is 0.118. The maximum absolute atomic E-state index is 10.9. The summed E-state index contributed by atoms with van der Waals surface area (Å²) in [6.45, 7) is 2.04. The van der Waals surface area contributed by atoms with E-state index in [1.165, 1.54) is 23.0 Å². The quantitative estimate of drug-likeness (QED) is 0.535. The maximum Gasteiger partial charge on any atom is 0.270 e. The van der Waals surface area contributed by atoms with Crippen molar-refractivity contribution in [1.82, 2.24) is 4.57 Å². The standard InChI is InChI=1S/C17H15N3O2S/c1-12-6-8-14(9-7-12)18-17-19(2)16(11-23-17)13-4-3-5-15(10-13)20(21)22/h3-11H,1-2H3. The summed E-state index contributed by atoms with van der Waals surface area (Å²) in [7, 11) is 1.91. The van der Waals surface area contributed by atoms with Crippen LogP contribution in [0, 0.1) is 17.0 Å². The molecular formula is C17H15N3O2S. The number of hydrogen-bond donors (Lipinski definition) is 0. The van der Waals surface area contributed by atoms with Gasteiger partial charge in [-0.15, -0.1) is 11.3 Å². The van der Waals surface area contributed by atoms with E-state index in [1.807, 2.05) is 54.3 Å². The average Bonchev–Trinajstić information content (AvgIpc) is 2.91. The third kappa shape index (κ3) is 3.22. The van der Waals surface area contributed by atoms with Crippen molar-refractivity contribution in [1.29, 1.82) is 0 Å². The summed E-state index contributed by atoms with van der Waals surface area (Å²) < 4.78 is 1.95. The first-order valence-corrected chi connectivity index (χ1v) is 7.93. The molecule has 0 fully saturated rings. The molecular weight excluding hydrogens is 310 g/mol. The van der Waals surface area contributed by atoms with E-state index >= 15 is 0 Å². The number of nitro groups is 1. The molecule has 2 aromatic carbocycles. The second-order valence-corrected chi connectivity index (χ2v) is 6.05. The van der Waals surface area contributed by atoms with E-state index in [1.54, 1.807) is 12.1 Å². The lowest BCUT2D eigenvalue weighted by Crippen LogP contribution is -2.10. The topological polar surface area (TPSA) is 60.4 Å². The van der Waals surface area contributed by atoms with E-state index in [0.29, 0.717) is 0 Å². The minimum absolute atomic E-state index is 0.0886. The molecule has 1 heterocycles. The van der Waals surface area contributed by atoms with Gasteiger partial charge in [0.2, 0.25) is 0 Å². The first kappa shape index (κ1) is 15.2. The molecule has 0 bridgehead atoms. The van der Waals surface area contributed by atoms with Crippen LogP contribution in [-0.4, -0.2) is 9.49 Å². The van der Waals surface area contributed by atoms with Crippen LogP contribution in [0.25, 0.3) is 11.3 Å². The number of nitro benzene ring substituents is 1. The normalized spacial score (nSPS) is 11.7. The molecule has 0 unspecified atom stereocenters. The lowest BCUT2D eigenvalue weighted by Gasteiger charge is -2.03. The van der Waals surface area contributed by atoms with Gasteiger partial charge in [0.1, 0.15) is 0 Å². The Balaban J connectivity index is 2.04. The van der Waals surface area contributed by atoms with Crippen LogP contribution in [0.1, 0.15) is 5.56 Å². The van der Waals surface area contributed by atoms with Crippen LogP contribution in [0.5, 0.6) is 0 Å². The molecule has 0 aliphatic heterocycles. The number of thiazole rings is 1. The largest absolute Gasteiger partial charge is 0.320 e. The Hall–Kier alpha value is -2.73. The van der Waals surface area contributed by atoms with Gasteiger partial charge in [0.15, 0.2) is 4.80 Å². The van der Waals surface area contributed by atoms with E-state index in [4.69, 9.17) is 0 Å². The van der Waals surface area contributed by atoms with Gasteiger partial charge in [-0.2, -0.15) is 0 Å². The molecule has 1 aromatic heterocycles. The molecule has 0 saturated carbocycles. The molecule has 0 N–H and O–H groups in total. The average molecular weight is 325 g/mol. The van der Waals surface area contributed by atoms with E-state index in [-0.39, 0.29) is 10.6 Å². The molecule has 3 aromatic rings. The lowest BCUT2D eigenvalue weighted by atomic mass is 10.1. The van der Waals surface area contributed by atoms with E-state index in [2.05, 4.69) is 4.99 Å². The summed E-state index contributed by atoms with van der Waals surface area (Å²) in [4.78, 5) is 16.0. The van der Waals surface area contributed by atoms with Crippen molar-refractivity contribution < 1.29 is 4.92 Å². The highest BCUT2D eigenvalue weighted by molar-refractivity contribution is 7.07. The predicted octanol–water partition coefficient (Wildman–Crippen LogP) is 4.20. The number of aromatic nitrogens is 1. The third-order valence-corrected chi connectivity index (χ3v) is 4.45. The minimum atomic E-state index is -0.381. The number of nitrogens with zero attached hydrogens (tertiary/aromatic N) is 3. The van der Waals surface area contributed by atoms with Gasteiger partial charge in [0.05, 0.1) is 16.3 Å². The summed E-state index contributed by atoms with van der Waals surface area (Å²) in [6, 6.07) is 14.6.